The number of nitrogens with zero attached hydrogens (tertiary/aromatic N) is 2. The van der Waals surface area contributed by atoms with E-state index in [-0.39, 0.29) is 18.3 Å². The van der Waals surface area contributed by atoms with Gasteiger partial charge in [0.15, 0.2) is 11.5 Å². The van der Waals surface area contributed by atoms with E-state index in [1.54, 1.807) is 37.3 Å². The number of carbonyl (C=O) groups excluding carboxylic acids is 1. The normalized spacial score (nSPS) is 10.9. The topological polar surface area (TPSA) is 72.8 Å². The Labute approximate surface area is 172 Å². The first-order valence-electron chi connectivity index (χ1n) is 8.79. The SMILES string of the molecule is COc1cccc(/C=N/NC(=O)c2sc(C)nc2C)c1OCc1ccc(F)cc1. The van der Waals surface area contributed by atoms with Crippen molar-refractivity contribution in [2.24, 2.45) is 5.10 Å². The molecule has 1 heterocycles. The molecule has 8 heteroatoms. The summed E-state index contributed by atoms with van der Waals surface area (Å²) in [5.74, 6) is 0.375. The minimum Gasteiger partial charge on any atom is -0.493 e. The average Bonchev–Trinajstić information content (AvgIpc) is 3.06. The molecule has 0 fully saturated rings. The fraction of sp³-hybridized carbons (Fsp3) is 0.190. The standard InChI is InChI=1S/C21H20FN3O3S/c1-13-20(29-14(2)24-13)21(26)25-23-11-16-5-4-6-18(27-3)19(16)28-12-15-7-9-17(22)10-8-15/h4-11H,12H2,1-3H3,(H,25,26)/b23-11+. The number of benzene rings is 2. The van der Waals surface area contributed by atoms with Crippen molar-refractivity contribution >= 4 is 23.5 Å². The quantitative estimate of drug-likeness (QED) is 0.464. The van der Waals surface area contributed by atoms with E-state index in [9.17, 15) is 9.18 Å². The number of para-hydroxylation sites is 1. The lowest BCUT2D eigenvalue weighted by molar-refractivity contribution is 0.0958. The van der Waals surface area contributed by atoms with Gasteiger partial charge in [0.1, 0.15) is 17.3 Å². The summed E-state index contributed by atoms with van der Waals surface area (Å²) in [4.78, 5) is 17.0. The molecular formula is C21H20FN3O3S. The first-order valence-corrected chi connectivity index (χ1v) is 9.61. The number of halogens is 1. The zero-order valence-electron chi connectivity index (χ0n) is 16.2. The van der Waals surface area contributed by atoms with E-state index in [2.05, 4.69) is 15.5 Å². The molecule has 1 amide bonds. The number of hydrazone groups is 1. The lowest BCUT2D eigenvalue weighted by Gasteiger charge is -2.13. The van der Waals surface area contributed by atoms with Gasteiger partial charge in [0, 0.05) is 5.56 Å². The van der Waals surface area contributed by atoms with Gasteiger partial charge in [0.25, 0.3) is 5.91 Å². The van der Waals surface area contributed by atoms with Gasteiger partial charge in [-0.15, -0.1) is 11.3 Å². The summed E-state index contributed by atoms with van der Waals surface area (Å²) in [5.41, 5.74) is 4.62. The van der Waals surface area contributed by atoms with Crippen LogP contribution in [0, 0.1) is 19.7 Å². The van der Waals surface area contributed by atoms with Crippen LogP contribution in [0.3, 0.4) is 0 Å². The molecule has 0 bridgehead atoms. The van der Waals surface area contributed by atoms with E-state index in [1.807, 2.05) is 6.92 Å². The first-order chi connectivity index (χ1) is 14.0. The Hall–Kier alpha value is -3.26. The summed E-state index contributed by atoms with van der Waals surface area (Å²) in [7, 11) is 1.54. The average molecular weight is 413 g/mol. The van der Waals surface area contributed by atoms with Crippen LogP contribution in [-0.2, 0) is 6.61 Å². The predicted molar refractivity (Wildman–Crippen MR) is 110 cm³/mol. The fourth-order valence-electron chi connectivity index (χ4n) is 2.64. The monoisotopic (exact) mass is 413 g/mol. The van der Waals surface area contributed by atoms with Crippen molar-refractivity contribution in [3.8, 4) is 11.5 Å². The zero-order valence-corrected chi connectivity index (χ0v) is 17.0. The smallest absolute Gasteiger partial charge is 0.283 e. The Morgan fingerprint density at radius 3 is 2.66 bits per heavy atom. The second kappa shape index (κ2) is 9.29. The summed E-state index contributed by atoms with van der Waals surface area (Å²) in [5, 5.41) is 4.86. The third kappa shape index (κ3) is 5.17. The third-order valence-electron chi connectivity index (χ3n) is 4.01. The maximum atomic E-state index is 13.1. The Morgan fingerprint density at radius 2 is 2.00 bits per heavy atom. The van der Waals surface area contributed by atoms with Crippen LogP contribution >= 0.6 is 11.3 Å². The largest absolute Gasteiger partial charge is 0.493 e. The molecular weight excluding hydrogens is 393 g/mol. The molecule has 0 radical (unpaired) electrons. The number of hydrogen-bond donors (Lipinski definition) is 1. The molecule has 3 rings (SSSR count). The molecule has 0 atom stereocenters. The highest BCUT2D eigenvalue weighted by atomic mass is 32.1. The lowest BCUT2D eigenvalue weighted by atomic mass is 10.2. The van der Waals surface area contributed by atoms with Gasteiger partial charge >= 0.3 is 0 Å². The van der Waals surface area contributed by atoms with E-state index in [4.69, 9.17) is 9.47 Å². The van der Waals surface area contributed by atoms with Crippen molar-refractivity contribution in [3.05, 3.63) is 75.0 Å². The molecule has 3 aromatic rings. The number of carbonyl (C=O) groups is 1. The van der Waals surface area contributed by atoms with Gasteiger partial charge in [0.05, 0.1) is 24.0 Å². The van der Waals surface area contributed by atoms with Crippen LogP contribution in [0.5, 0.6) is 11.5 Å². The Balaban J connectivity index is 1.74. The molecule has 29 heavy (non-hydrogen) atoms. The van der Waals surface area contributed by atoms with Gasteiger partial charge in [-0.1, -0.05) is 18.2 Å². The highest BCUT2D eigenvalue weighted by Crippen LogP contribution is 2.31. The number of ether oxygens (including phenoxy) is 2. The first kappa shape index (κ1) is 20.5. The third-order valence-corrected chi connectivity index (χ3v) is 5.08. The molecule has 0 aliphatic carbocycles. The van der Waals surface area contributed by atoms with Crippen LogP contribution in [0.2, 0.25) is 0 Å². The van der Waals surface area contributed by atoms with E-state index in [0.29, 0.717) is 27.6 Å². The molecule has 1 N–H and O–H groups in total. The highest BCUT2D eigenvalue weighted by Gasteiger charge is 2.13. The van der Waals surface area contributed by atoms with E-state index in [1.165, 1.54) is 36.8 Å². The molecule has 0 saturated heterocycles. The summed E-state index contributed by atoms with van der Waals surface area (Å²) in [6.45, 7) is 3.86. The Kier molecular flexibility index (Phi) is 6.56. The maximum Gasteiger partial charge on any atom is 0.283 e. The molecule has 150 valence electrons. The summed E-state index contributed by atoms with van der Waals surface area (Å²) in [6.07, 6.45) is 1.49. The zero-order chi connectivity index (χ0) is 20.8. The lowest BCUT2D eigenvalue weighted by Crippen LogP contribution is -2.17. The molecule has 0 saturated carbocycles. The van der Waals surface area contributed by atoms with Gasteiger partial charge in [-0.3, -0.25) is 4.79 Å². The number of aryl methyl sites for hydroxylation is 2. The number of rotatable bonds is 7. The van der Waals surface area contributed by atoms with Crippen LogP contribution in [0.15, 0.2) is 47.6 Å². The van der Waals surface area contributed by atoms with E-state index >= 15 is 0 Å². The van der Waals surface area contributed by atoms with Gasteiger partial charge < -0.3 is 9.47 Å². The minimum absolute atomic E-state index is 0.229. The number of hydrogen-bond acceptors (Lipinski definition) is 6. The molecule has 0 unspecified atom stereocenters. The second-order valence-electron chi connectivity index (χ2n) is 6.14. The number of amides is 1. The fourth-order valence-corrected chi connectivity index (χ4v) is 3.45. The van der Waals surface area contributed by atoms with Crippen molar-refractivity contribution in [1.29, 1.82) is 0 Å². The van der Waals surface area contributed by atoms with Gasteiger partial charge in [-0.25, -0.2) is 14.8 Å². The summed E-state index contributed by atoms with van der Waals surface area (Å²) in [6, 6.07) is 11.4. The van der Waals surface area contributed by atoms with Crippen molar-refractivity contribution < 1.29 is 18.7 Å². The number of methoxy groups -OCH3 is 1. The van der Waals surface area contributed by atoms with Gasteiger partial charge in [-0.05, 0) is 43.7 Å². The summed E-state index contributed by atoms with van der Waals surface area (Å²) < 4.78 is 24.3. The highest BCUT2D eigenvalue weighted by molar-refractivity contribution is 7.13. The maximum absolute atomic E-state index is 13.1. The van der Waals surface area contributed by atoms with Crippen molar-refractivity contribution in [1.82, 2.24) is 10.4 Å². The van der Waals surface area contributed by atoms with Gasteiger partial charge in [-0.2, -0.15) is 5.10 Å². The van der Waals surface area contributed by atoms with E-state index in [0.717, 1.165) is 10.6 Å². The van der Waals surface area contributed by atoms with Crippen molar-refractivity contribution in [3.63, 3.8) is 0 Å². The van der Waals surface area contributed by atoms with Crippen molar-refractivity contribution in [2.45, 2.75) is 20.5 Å². The van der Waals surface area contributed by atoms with Crippen molar-refractivity contribution in [2.75, 3.05) is 7.11 Å². The van der Waals surface area contributed by atoms with E-state index < -0.39 is 0 Å². The predicted octanol–water partition coefficient (Wildman–Crippen LogP) is 4.25. The Bertz CT molecular complexity index is 1030. The minimum atomic E-state index is -0.318. The molecule has 1 aromatic heterocycles. The summed E-state index contributed by atoms with van der Waals surface area (Å²) >= 11 is 1.32. The molecule has 0 aliphatic heterocycles. The Morgan fingerprint density at radius 1 is 1.24 bits per heavy atom. The van der Waals surface area contributed by atoms with Crippen LogP contribution < -0.4 is 14.9 Å². The molecule has 2 aromatic carbocycles. The molecule has 0 aliphatic rings. The number of thiazole rings is 1. The molecule has 6 nitrogen and oxygen atoms in total. The second-order valence-corrected chi connectivity index (χ2v) is 7.34. The van der Waals surface area contributed by atoms with Crippen LogP contribution in [-0.4, -0.2) is 24.2 Å². The van der Waals surface area contributed by atoms with Crippen LogP contribution in [0.25, 0.3) is 0 Å². The van der Waals surface area contributed by atoms with Crippen LogP contribution in [0.4, 0.5) is 4.39 Å². The van der Waals surface area contributed by atoms with Gasteiger partial charge in [0.2, 0.25) is 0 Å². The number of aromatic nitrogens is 1. The van der Waals surface area contributed by atoms with Crippen LogP contribution in [0.1, 0.15) is 31.5 Å². The molecule has 0 spiro atoms. The number of nitrogens with one attached hydrogen (secondary N) is 1.